The van der Waals surface area contributed by atoms with Crippen LogP contribution in [0.25, 0.3) is 0 Å². The average Bonchev–Trinajstić information content (AvgIpc) is 2.37. The third-order valence-corrected chi connectivity index (χ3v) is 3.50. The summed E-state index contributed by atoms with van der Waals surface area (Å²) in [6.07, 6.45) is 0.806. The van der Waals surface area contributed by atoms with Gasteiger partial charge < -0.3 is 5.32 Å². The number of benzene rings is 1. The van der Waals surface area contributed by atoms with E-state index in [4.69, 9.17) is 0 Å². The Kier molecular flexibility index (Phi) is 4.81. The molecule has 0 unspecified atom stereocenters. The molecule has 0 saturated heterocycles. The van der Waals surface area contributed by atoms with Gasteiger partial charge in [-0.2, -0.15) is 0 Å². The van der Waals surface area contributed by atoms with Gasteiger partial charge in [0, 0.05) is 24.9 Å². The van der Waals surface area contributed by atoms with Crippen molar-refractivity contribution in [3.63, 3.8) is 0 Å². The first kappa shape index (κ1) is 16.4. The van der Waals surface area contributed by atoms with E-state index in [0.29, 0.717) is 4.31 Å². The van der Waals surface area contributed by atoms with Gasteiger partial charge in [-0.15, -0.1) is 0 Å². The molecule has 0 bridgehead atoms. The van der Waals surface area contributed by atoms with Crippen LogP contribution in [-0.4, -0.2) is 43.0 Å². The minimum Gasteiger partial charge on any atom is -0.308 e. The second-order valence-corrected chi connectivity index (χ2v) is 5.93. The molecule has 0 radical (unpaired) electrons. The predicted octanol–water partition coefficient (Wildman–Crippen LogP) is 0.728. The number of hydrogen-bond donors (Lipinski definition) is 2. The molecule has 10 nitrogen and oxygen atoms in total. The molecule has 1 rings (SSSR count). The molecule has 0 spiro atoms. The second-order valence-electron chi connectivity index (χ2n) is 3.92. The Bertz CT molecular complexity index is 669. The van der Waals surface area contributed by atoms with Crippen LogP contribution in [0.4, 0.5) is 21.0 Å². The molecular formula is C10H12N4O6S. The SMILES string of the molecule is CN(C(=O)NC(=O)Nc1ccc([N+](=O)[O-])cc1)S(C)(=O)=O. The van der Waals surface area contributed by atoms with Crippen molar-refractivity contribution in [2.75, 3.05) is 18.6 Å². The molecular weight excluding hydrogens is 304 g/mol. The monoisotopic (exact) mass is 316 g/mol. The molecule has 2 N–H and O–H groups in total. The van der Waals surface area contributed by atoms with Crippen LogP contribution in [-0.2, 0) is 10.0 Å². The number of hydrogen-bond acceptors (Lipinski definition) is 6. The number of urea groups is 2. The Morgan fingerprint density at radius 2 is 1.76 bits per heavy atom. The van der Waals surface area contributed by atoms with E-state index in [-0.39, 0.29) is 11.4 Å². The van der Waals surface area contributed by atoms with Gasteiger partial charge in [0.25, 0.3) is 5.69 Å². The van der Waals surface area contributed by atoms with Crippen molar-refractivity contribution in [3.05, 3.63) is 34.4 Å². The lowest BCUT2D eigenvalue weighted by molar-refractivity contribution is -0.384. The van der Waals surface area contributed by atoms with Crippen molar-refractivity contribution < 1.29 is 22.9 Å². The van der Waals surface area contributed by atoms with E-state index >= 15 is 0 Å². The third kappa shape index (κ3) is 4.72. The van der Waals surface area contributed by atoms with Gasteiger partial charge in [-0.25, -0.2) is 22.3 Å². The molecule has 4 amide bonds. The van der Waals surface area contributed by atoms with E-state index in [0.717, 1.165) is 13.3 Å². The quantitative estimate of drug-likeness (QED) is 0.622. The van der Waals surface area contributed by atoms with Gasteiger partial charge in [0.15, 0.2) is 0 Å². The summed E-state index contributed by atoms with van der Waals surface area (Å²) >= 11 is 0. The molecule has 0 saturated carbocycles. The van der Waals surface area contributed by atoms with Crippen molar-refractivity contribution in [3.8, 4) is 0 Å². The number of non-ortho nitro benzene ring substituents is 1. The van der Waals surface area contributed by atoms with Crippen LogP contribution in [0.3, 0.4) is 0 Å². The van der Waals surface area contributed by atoms with E-state index in [9.17, 15) is 28.1 Å². The first-order valence-corrected chi connectivity index (χ1v) is 7.26. The number of carbonyl (C=O) groups excluding carboxylic acids is 2. The van der Waals surface area contributed by atoms with Gasteiger partial charge in [0.05, 0.1) is 11.2 Å². The Hall–Kier alpha value is -2.69. The largest absolute Gasteiger partial charge is 0.338 e. The second kappa shape index (κ2) is 6.17. The fraction of sp³-hybridized carbons (Fsp3) is 0.200. The summed E-state index contributed by atoms with van der Waals surface area (Å²) in [5, 5.41) is 14.5. The maximum Gasteiger partial charge on any atom is 0.338 e. The number of nitro benzene ring substituents is 1. The summed E-state index contributed by atoms with van der Waals surface area (Å²) in [4.78, 5) is 32.7. The molecule has 21 heavy (non-hydrogen) atoms. The van der Waals surface area contributed by atoms with Crippen molar-refractivity contribution >= 4 is 33.5 Å². The summed E-state index contributed by atoms with van der Waals surface area (Å²) in [6, 6.07) is 2.77. The van der Waals surface area contributed by atoms with Gasteiger partial charge in [0.1, 0.15) is 0 Å². The molecule has 0 aliphatic rings. The van der Waals surface area contributed by atoms with Crippen LogP contribution in [0.1, 0.15) is 0 Å². The highest BCUT2D eigenvalue weighted by Crippen LogP contribution is 2.15. The van der Waals surface area contributed by atoms with Crippen molar-refractivity contribution in [1.82, 2.24) is 9.62 Å². The van der Waals surface area contributed by atoms with Crippen LogP contribution in [0.2, 0.25) is 0 Å². The molecule has 0 heterocycles. The van der Waals surface area contributed by atoms with Crippen LogP contribution in [0.5, 0.6) is 0 Å². The average molecular weight is 316 g/mol. The maximum atomic E-state index is 11.5. The zero-order chi connectivity index (χ0) is 16.2. The van der Waals surface area contributed by atoms with E-state index in [2.05, 4.69) is 5.32 Å². The molecule has 0 fully saturated rings. The molecule has 11 heteroatoms. The standard InChI is InChI=1S/C10H12N4O6S/c1-13(21(2,19)20)10(16)12-9(15)11-7-3-5-8(6-4-7)14(17)18/h3-6H,1-2H3,(H2,11,12,15,16). The normalized spacial score (nSPS) is 10.6. The zero-order valence-electron chi connectivity index (χ0n) is 11.1. The van der Waals surface area contributed by atoms with Gasteiger partial charge in [0.2, 0.25) is 10.0 Å². The van der Waals surface area contributed by atoms with Crippen LogP contribution < -0.4 is 10.6 Å². The fourth-order valence-electron chi connectivity index (χ4n) is 1.16. The van der Waals surface area contributed by atoms with Gasteiger partial charge in [-0.3, -0.25) is 15.4 Å². The third-order valence-electron chi connectivity index (χ3n) is 2.34. The number of carbonyl (C=O) groups is 2. The lowest BCUT2D eigenvalue weighted by atomic mass is 10.3. The summed E-state index contributed by atoms with van der Waals surface area (Å²) in [7, 11) is -2.78. The highest BCUT2D eigenvalue weighted by Gasteiger charge is 2.20. The highest BCUT2D eigenvalue weighted by atomic mass is 32.2. The Morgan fingerprint density at radius 1 is 1.24 bits per heavy atom. The number of nitro groups is 1. The number of amides is 4. The summed E-state index contributed by atoms with van der Waals surface area (Å²) in [5.41, 5.74) is 0.0433. The molecule has 0 aromatic heterocycles. The summed E-state index contributed by atoms with van der Waals surface area (Å²) < 4.78 is 22.5. The van der Waals surface area contributed by atoms with Crippen LogP contribution in [0, 0.1) is 10.1 Å². The Morgan fingerprint density at radius 3 is 2.19 bits per heavy atom. The Labute approximate surface area is 119 Å². The smallest absolute Gasteiger partial charge is 0.308 e. The lowest BCUT2D eigenvalue weighted by Gasteiger charge is -2.14. The molecule has 0 aliphatic heterocycles. The van der Waals surface area contributed by atoms with Crippen molar-refractivity contribution in [1.29, 1.82) is 0 Å². The topological polar surface area (TPSA) is 139 Å². The fourth-order valence-corrected chi connectivity index (χ4v) is 1.50. The van der Waals surface area contributed by atoms with E-state index < -0.39 is 27.0 Å². The molecule has 114 valence electrons. The van der Waals surface area contributed by atoms with Gasteiger partial charge in [-0.05, 0) is 12.1 Å². The zero-order valence-corrected chi connectivity index (χ0v) is 11.9. The van der Waals surface area contributed by atoms with E-state index in [1.807, 2.05) is 0 Å². The molecule has 0 aliphatic carbocycles. The number of imide groups is 1. The van der Waals surface area contributed by atoms with Gasteiger partial charge in [-0.1, -0.05) is 0 Å². The van der Waals surface area contributed by atoms with E-state index in [1.54, 1.807) is 5.32 Å². The molecule has 1 aromatic carbocycles. The number of rotatable bonds is 3. The van der Waals surface area contributed by atoms with Crippen molar-refractivity contribution in [2.45, 2.75) is 0 Å². The predicted molar refractivity (Wildman–Crippen MR) is 73.3 cm³/mol. The number of nitrogens with zero attached hydrogens (tertiary/aromatic N) is 2. The first-order valence-electron chi connectivity index (χ1n) is 5.41. The summed E-state index contributed by atoms with van der Waals surface area (Å²) in [6.45, 7) is 0. The van der Waals surface area contributed by atoms with Crippen LogP contribution in [0.15, 0.2) is 24.3 Å². The maximum absolute atomic E-state index is 11.5. The highest BCUT2D eigenvalue weighted by molar-refractivity contribution is 7.88. The minimum atomic E-state index is -3.77. The van der Waals surface area contributed by atoms with Crippen LogP contribution >= 0.6 is 0 Å². The minimum absolute atomic E-state index is 0.158. The number of sulfonamides is 1. The number of nitrogens with one attached hydrogen (secondary N) is 2. The molecule has 1 aromatic rings. The Balaban J connectivity index is 2.66. The molecule has 0 atom stereocenters. The van der Waals surface area contributed by atoms with Gasteiger partial charge >= 0.3 is 12.1 Å². The summed E-state index contributed by atoms with van der Waals surface area (Å²) in [5.74, 6) is 0. The first-order chi connectivity index (χ1) is 9.61. The number of anilines is 1. The van der Waals surface area contributed by atoms with Crippen molar-refractivity contribution in [2.24, 2.45) is 0 Å². The van der Waals surface area contributed by atoms with E-state index in [1.165, 1.54) is 24.3 Å². The lowest BCUT2D eigenvalue weighted by Crippen LogP contribution is -2.44.